The van der Waals surface area contributed by atoms with Crippen molar-refractivity contribution in [2.45, 2.75) is 57.1 Å². The lowest BCUT2D eigenvalue weighted by atomic mass is 10.1. The summed E-state index contributed by atoms with van der Waals surface area (Å²) in [6, 6.07) is 16.1. The van der Waals surface area contributed by atoms with Crippen molar-refractivity contribution < 1.29 is 22.7 Å². The minimum Gasteiger partial charge on any atom is -0.495 e. The maximum absolute atomic E-state index is 14.3. The third kappa shape index (κ3) is 7.89. The zero-order chi connectivity index (χ0) is 31.0. The molecule has 1 N–H and O–H groups in total. The van der Waals surface area contributed by atoms with Crippen LogP contribution in [-0.2, 0) is 26.2 Å². The van der Waals surface area contributed by atoms with Crippen molar-refractivity contribution in [3.63, 3.8) is 0 Å². The number of anilines is 1. The van der Waals surface area contributed by atoms with Crippen LogP contribution in [0.25, 0.3) is 0 Å². The molecular formula is C30H34Cl3N3O5S. The summed E-state index contributed by atoms with van der Waals surface area (Å²) in [5.74, 6) is -0.839. The summed E-state index contributed by atoms with van der Waals surface area (Å²) >= 11 is 19.2. The van der Waals surface area contributed by atoms with Gasteiger partial charge in [-0.1, -0.05) is 72.9 Å². The summed E-state index contributed by atoms with van der Waals surface area (Å²) in [4.78, 5) is 29.0. The molecule has 8 nitrogen and oxygen atoms in total. The Hall–Kier alpha value is -2.98. The van der Waals surface area contributed by atoms with E-state index in [-0.39, 0.29) is 46.3 Å². The molecule has 0 saturated carbocycles. The number of carbonyl (C=O) groups is 2. The highest BCUT2D eigenvalue weighted by Gasteiger charge is 2.35. The minimum absolute atomic E-state index is 0.0397. The average Bonchev–Trinajstić information content (AvgIpc) is 2.97. The van der Waals surface area contributed by atoms with Gasteiger partial charge in [-0.05, 0) is 62.2 Å². The fourth-order valence-corrected chi connectivity index (χ4v) is 6.43. The van der Waals surface area contributed by atoms with E-state index in [0.717, 1.165) is 4.31 Å². The number of rotatable bonds is 13. The number of nitrogens with one attached hydrogen (secondary N) is 1. The predicted molar refractivity (Wildman–Crippen MR) is 168 cm³/mol. The molecule has 2 amide bonds. The zero-order valence-electron chi connectivity index (χ0n) is 23.8. The van der Waals surface area contributed by atoms with E-state index in [4.69, 9.17) is 39.5 Å². The standard InChI is InChI=1S/C30H34Cl3N3O5S/c1-5-20(3)34-30(38)26(6-2)35(18-23-24(32)13-10-14-25(23)33)29(37)19-36(27-17-21(31)15-16-28(27)41-4)42(39,40)22-11-8-7-9-12-22/h7-17,20,26H,5-6,18-19H2,1-4H3,(H,34,38)/t20-,26-/m0/s1. The molecule has 0 bridgehead atoms. The van der Waals surface area contributed by atoms with Crippen molar-refractivity contribution in [1.82, 2.24) is 10.2 Å². The Labute approximate surface area is 262 Å². The Morgan fingerprint density at radius 3 is 2.14 bits per heavy atom. The Bertz CT molecular complexity index is 1490. The summed E-state index contributed by atoms with van der Waals surface area (Å²) in [6.45, 7) is 4.77. The first-order chi connectivity index (χ1) is 19.9. The molecule has 12 heteroatoms. The van der Waals surface area contributed by atoms with Crippen LogP contribution in [0.1, 0.15) is 39.2 Å². The number of benzene rings is 3. The quantitative estimate of drug-likeness (QED) is 0.225. The molecule has 0 heterocycles. The molecule has 42 heavy (non-hydrogen) atoms. The molecule has 0 radical (unpaired) electrons. The highest BCUT2D eigenvalue weighted by atomic mass is 35.5. The first kappa shape index (κ1) is 33.5. The summed E-state index contributed by atoms with van der Waals surface area (Å²) < 4.78 is 34.5. The lowest BCUT2D eigenvalue weighted by molar-refractivity contribution is -0.140. The largest absolute Gasteiger partial charge is 0.495 e. The smallest absolute Gasteiger partial charge is 0.264 e. The molecule has 0 aromatic heterocycles. The minimum atomic E-state index is -4.30. The van der Waals surface area contributed by atoms with Crippen molar-refractivity contribution in [3.05, 3.63) is 87.4 Å². The van der Waals surface area contributed by atoms with Gasteiger partial charge in [-0.15, -0.1) is 0 Å². The molecule has 3 rings (SSSR count). The summed E-state index contributed by atoms with van der Waals surface area (Å²) in [5.41, 5.74) is 0.497. The second-order valence-electron chi connectivity index (χ2n) is 9.60. The van der Waals surface area contributed by atoms with E-state index in [9.17, 15) is 18.0 Å². The van der Waals surface area contributed by atoms with Gasteiger partial charge in [0.15, 0.2) is 0 Å². The third-order valence-corrected chi connectivity index (χ3v) is 9.51. The highest BCUT2D eigenvalue weighted by Crippen LogP contribution is 2.35. The van der Waals surface area contributed by atoms with Crippen LogP contribution in [0.15, 0.2) is 71.6 Å². The number of hydrogen-bond donors (Lipinski definition) is 1. The second-order valence-corrected chi connectivity index (χ2v) is 12.7. The van der Waals surface area contributed by atoms with Crippen molar-refractivity contribution in [3.8, 4) is 5.75 Å². The SMILES string of the molecule is CC[C@H](C)NC(=O)[C@H](CC)N(Cc1c(Cl)cccc1Cl)C(=O)CN(c1cc(Cl)ccc1OC)S(=O)(=O)c1ccccc1. The molecule has 0 saturated heterocycles. The van der Waals surface area contributed by atoms with Crippen molar-refractivity contribution in [2.75, 3.05) is 18.0 Å². The van der Waals surface area contributed by atoms with Crippen LogP contribution in [-0.4, -0.2) is 50.9 Å². The van der Waals surface area contributed by atoms with Crippen LogP contribution < -0.4 is 14.4 Å². The van der Waals surface area contributed by atoms with Gasteiger partial charge in [0.25, 0.3) is 10.0 Å². The first-order valence-electron chi connectivity index (χ1n) is 13.4. The number of hydrogen-bond acceptors (Lipinski definition) is 5. The van der Waals surface area contributed by atoms with Crippen LogP contribution in [0.2, 0.25) is 15.1 Å². The van der Waals surface area contributed by atoms with Crippen LogP contribution in [0.3, 0.4) is 0 Å². The summed E-state index contributed by atoms with van der Waals surface area (Å²) in [5, 5.41) is 3.79. The number of carbonyl (C=O) groups excluding carboxylic acids is 2. The number of halogens is 3. The van der Waals surface area contributed by atoms with E-state index in [1.165, 1.54) is 36.3 Å². The van der Waals surface area contributed by atoms with Gasteiger partial charge < -0.3 is 15.0 Å². The fourth-order valence-electron chi connectivity index (χ4n) is 4.31. The maximum Gasteiger partial charge on any atom is 0.264 e. The monoisotopic (exact) mass is 653 g/mol. The van der Waals surface area contributed by atoms with E-state index in [1.54, 1.807) is 49.4 Å². The molecular weight excluding hydrogens is 621 g/mol. The number of amides is 2. The average molecular weight is 655 g/mol. The molecule has 0 spiro atoms. The topological polar surface area (TPSA) is 96.0 Å². The number of nitrogens with zero attached hydrogens (tertiary/aromatic N) is 2. The molecule has 0 aliphatic rings. The molecule has 2 atom stereocenters. The lowest BCUT2D eigenvalue weighted by Crippen LogP contribution is -2.53. The van der Waals surface area contributed by atoms with Gasteiger partial charge >= 0.3 is 0 Å². The van der Waals surface area contributed by atoms with Crippen LogP contribution >= 0.6 is 34.8 Å². The van der Waals surface area contributed by atoms with Gasteiger partial charge in [0.2, 0.25) is 11.8 Å². The van der Waals surface area contributed by atoms with Crippen LogP contribution in [0.4, 0.5) is 5.69 Å². The van der Waals surface area contributed by atoms with E-state index >= 15 is 0 Å². The molecule has 0 fully saturated rings. The molecule has 3 aromatic rings. The van der Waals surface area contributed by atoms with Crippen LogP contribution in [0, 0.1) is 0 Å². The van der Waals surface area contributed by atoms with Crippen molar-refractivity contribution >= 4 is 62.3 Å². The van der Waals surface area contributed by atoms with E-state index in [2.05, 4.69) is 5.32 Å². The first-order valence-corrected chi connectivity index (χ1v) is 16.0. The summed E-state index contributed by atoms with van der Waals surface area (Å²) in [6.07, 6.45) is 0.937. The van der Waals surface area contributed by atoms with E-state index in [0.29, 0.717) is 22.0 Å². The second kappa shape index (κ2) is 15.0. The third-order valence-electron chi connectivity index (χ3n) is 6.80. The van der Waals surface area contributed by atoms with Gasteiger partial charge in [0.05, 0.1) is 17.7 Å². The zero-order valence-corrected chi connectivity index (χ0v) is 26.9. The Morgan fingerprint density at radius 2 is 1.57 bits per heavy atom. The normalized spacial score (nSPS) is 12.7. The number of methoxy groups -OCH3 is 1. The van der Waals surface area contributed by atoms with Gasteiger partial charge in [-0.25, -0.2) is 8.42 Å². The number of ether oxygens (including phenoxy) is 1. The van der Waals surface area contributed by atoms with Gasteiger partial charge in [0, 0.05) is 33.2 Å². The molecule has 226 valence electrons. The van der Waals surface area contributed by atoms with Gasteiger partial charge in [-0.3, -0.25) is 13.9 Å². The Morgan fingerprint density at radius 1 is 0.929 bits per heavy atom. The van der Waals surface area contributed by atoms with Crippen molar-refractivity contribution in [2.24, 2.45) is 0 Å². The van der Waals surface area contributed by atoms with E-state index in [1.807, 2.05) is 13.8 Å². The fraction of sp³-hybridized carbons (Fsp3) is 0.333. The molecule has 3 aromatic carbocycles. The Balaban J connectivity index is 2.16. The van der Waals surface area contributed by atoms with Crippen molar-refractivity contribution in [1.29, 1.82) is 0 Å². The number of sulfonamides is 1. The maximum atomic E-state index is 14.3. The molecule has 0 aliphatic heterocycles. The van der Waals surface area contributed by atoms with Crippen LogP contribution in [0.5, 0.6) is 5.75 Å². The lowest BCUT2D eigenvalue weighted by Gasteiger charge is -2.34. The van der Waals surface area contributed by atoms with Gasteiger partial charge in [0.1, 0.15) is 18.3 Å². The van der Waals surface area contributed by atoms with Gasteiger partial charge in [-0.2, -0.15) is 0 Å². The molecule has 0 aliphatic carbocycles. The summed E-state index contributed by atoms with van der Waals surface area (Å²) in [7, 11) is -2.91. The highest BCUT2D eigenvalue weighted by molar-refractivity contribution is 7.92. The van der Waals surface area contributed by atoms with E-state index < -0.39 is 28.5 Å². The predicted octanol–water partition coefficient (Wildman–Crippen LogP) is 6.57. The Kier molecular flexibility index (Phi) is 11.9. The molecule has 0 unspecified atom stereocenters.